The first-order valence-corrected chi connectivity index (χ1v) is 7.73. The van der Waals surface area contributed by atoms with Crippen molar-refractivity contribution in [2.75, 3.05) is 26.4 Å². The fourth-order valence-corrected chi connectivity index (χ4v) is 2.28. The van der Waals surface area contributed by atoms with E-state index in [1.54, 1.807) is 0 Å². The molecule has 0 bridgehead atoms. The monoisotopic (exact) mass is 273 g/mol. The van der Waals surface area contributed by atoms with E-state index < -0.39 is 0 Å². The van der Waals surface area contributed by atoms with Gasteiger partial charge >= 0.3 is 0 Å². The van der Waals surface area contributed by atoms with Crippen LogP contribution in [0, 0.1) is 0 Å². The first-order valence-electron chi connectivity index (χ1n) is 7.73. The maximum Gasteiger partial charge on any atom is 0.0780 e. The second-order valence-electron chi connectivity index (χ2n) is 5.66. The summed E-state index contributed by atoms with van der Waals surface area (Å²) < 4.78 is 11.0. The topological polar surface area (TPSA) is 50.7 Å². The summed E-state index contributed by atoms with van der Waals surface area (Å²) in [6.07, 6.45) is 5.58. The molecular weight excluding hydrogens is 242 g/mol. The Labute approximate surface area is 117 Å². The zero-order valence-corrected chi connectivity index (χ0v) is 12.8. The zero-order valence-electron chi connectivity index (χ0n) is 12.8. The van der Waals surface area contributed by atoms with E-state index >= 15 is 0 Å². The molecule has 0 aromatic heterocycles. The van der Waals surface area contributed by atoms with Gasteiger partial charge in [-0.2, -0.15) is 0 Å². The minimum atomic E-state index is -0.103. The summed E-state index contributed by atoms with van der Waals surface area (Å²) in [5, 5.41) is 13.3. The van der Waals surface area contributed by atoms with Crippen molar-refractivity contribution >= 4 is 0 Å². The van der Waals surface area contributed by atoms with Gasteiger partial charge in [-0.05, 0) is 46.0 Å². The predicted octanol–water partition coefficient (Wildman–Crippen LogP) is 2.10. The van der Waals surface area contributed by atoms with Crippen LogP contribution in [-0.4, -0.2) is 49.2 Å². The molecular formula is C15H31NO3. The molecule has 0 aromatic rings. The molecule has 114 valence electrons. The second-order valence-corrected chi connectivity index (χ2v) is 5.66. The van der Waals surface area contributed by atoms with Gasteiger partial charge in [-0.15, -0.1) is 0 Å². The third-order valence-electron chi connectivity index (χ3n) is 3.83. The van der Waals surface area contributed by atoms with Crippen molar-refractivity contribution < 1.29 is 14.6 Å². The maximum absolute atomic E-state index is 9.65. The number of rotatable bonds is 12. The van der Waals surface area contributed by atoms with Gasteiger partial charge in [0.1, 0.15) is 0 Å². The molecule has 0 radical (unpaired) electrons. The van der Waals surface area contributed by atoms with Gasteiger partial charge < -0.3 is 19.9 Å². The van der Waals surface area contributed by atoms with Gasteiger partial charge in [0, 0.05) is 24.8 Å². The number of hydrogen-bond acceptors (Lipinski definition) is 4. The summed E-state index contributed by atoms with van der Waals surface area (Å²) in [7, 11) is 0. The van der Waals surface area contributed by atoms with E-state index in [-0.39, 0.29) is 18.2 Å². The molecule has 0 amide bonds. The Morgan fingerprint density at radius 3 is 2.63 bits per heavy atom. The molecule has 19 heavy (non-hydrogen) atoms. The molecule has 2 unspecified atom stereocenters. The van der Waals surface area contributed by atoms with Gasteiger partial charge in [-0.1, -0.05) is 6.92 Å². The predicted molar refractivity (Wildman–Crippen MR) is 77.4 cm³/mol. The van der Waals surface area contributed by atoms with Crippen LogP contribution in [0.3, 0.4) is 0 Å². The van der Waals surface area contributed by atoms with Gasteiger partial charge in [0.25, 0.3) is 0 Å². The van der Waals surface area contributed by atoms with Gasteiger partial charge in [0.2, 0.25) is 0 Å². The molecule has 1 saturated carbocycles. The lowest BCUT2D eigenvalue weighted by molar-refractivity contribution is -0.00744. The van der Waals surface area contributed by atoms with E-state index in [0.29, 0.717) is 12.6 Å². The lowest BCUT2D eigenvalue weighted by atomic mass is 9.91. The van der Waals surface area contributed by atoms with Crippen molar-refractivity contribution in [1.82, 2.24) is 5.32 Å². The molecule has 0 aliphatic heterocycles. The highest BCUT2D eigenvalue weighted by Crippen LogP contribution is 2.26. The van der Waals surface area contributed by atoms with E-state index in [4.69, 9.17) is 9.47 Å². The number of aliphatic hydroxyl groups is 1. The van der Waals surface area contributed by atoms with E-state index in [0.717, 1.165) is 32.5 Å². The molecule has 0 spiro atoms. The van der Waals surface area contributed by atoms with Gasteiger partial charge in [0.05, 0.1) is 19.3 Å². The van der Waals surface area contributed by atoms with Crippen LogP contribution in [0.5, 0.6) is 0 Å². The lowest BCUT2D eigenvalue weighted by Gasteiger charge is -2.32. The average Bonchev–Trinajstić information content (AvgIpc) is 3.23. The average molecular weight is 273 g/mol. The smallest absolute Gasteiger partial charge is 0.0780 e. The minimum Gasteiger partial charge on any atom is -0.394 e. The standard InChI is InChI=1S/C15H31NO3/c1-4-15(12-17,16-14-7-8-14)9-6-10-19-13(3)11-18-5-2/h13-14,16-17H,4-12H2,1-3H3. The van der Waals surface area contributed by atoms with Crippen LogP contribution in [0.1, 0.15) is 52.9 Å². The van der Waals surface area contributed by atoms with Crippen molar-refractivity contribution in [1.29, 1.82) is 0 Å². The van der Waals surface area contributed by atoms with E-state index in [9.17, 15) is 5.11 Å². The van der Waals surface area contributed by atoms with Crippen LogP contribution < -0.4 is 5.32 Å². The highest BCUT2D eigenvalue weighted by molar-refractivity contribution is 4.94. The number of ether oxygens (including phenoxy) is 2. The van der Waals surface area contributed by atoms with Gasteiger partial charge in [0.15, 0.2) is 0 Å². The van der Waals surface area contributed by atoms with Crippen molar-refractivity contribution in [3.05, 3.63) is 0 Å². The third-order valence-corrected chi connectivity index (χ3v) is 3.83. The molecule has 2 N–H and O–H groups in total. The molecule has 1 rings (SSSR count). The van der Waals surface area contributed by atoms with Crippen molar-refractivity contribution in [2.45, 2.75) is 70.6 Å². The Morgan fingerprint density at radius 2 is 2.11 bits per heavy atom. The molecule has 0 heterocycles. The molecule has 1 aliphatic carbocycles. The molecule has 1 fully saturated rings. The first-order chi connectivity index (χ1) is 9.15. The fourth-order valence-electron chi connectivity index (χ4n) is 2.28. The zero-order chi connectivity index (χ0) is 14.1. The molecule has 2 atom stereocenters. The lowest BCUT2D eigenvalue weighted by Crippen LogP contribution is -2.49. The summed E-state index contributed by atoms with van der Waals surface area (Å²) >= 11 is 0. The van der Waals surface area contributed by atoms with Crippen LogP contribution >= 0.6 is 0 Å². The summed E-state index contributed by atoms with van der Waals surface area (Å²) in [5.74, 6) is 0. The minimum absolute atomic E-state index is 0.103. The molecule has 1 aliphatic rings. The van der Waals surface area contributed by atoms with Crippen molar-refractivity contribution in [2.24, 2.45) is 0 Å². The third kappa shape index (κ3) is 6.70. The number of aliphatic hydroxyl groups excluding tert-OH is 1. The Balaban J connectivity index is 2.16. The quantitative estimate of drug-likeness (QED) is 0.535. The summed E-state index contributed by atoms with van der Waals surface area (Å²) in [6, 6.07) is 0.630. The van der Waals surface area contributed by atoms with Gasteiger partial charge in [-0.25, -0.2) is 0 Å². The molecule has 4 heteroatoms. The first kappa shape index (κ1) is 16.9. The van der Waals surface area contributed by atoms with E-state index in [1.165, 1.54) is 12.8 Å². The van der Waals surface area contributed by atoms with Crippen LogP contribution in [-0.2, 0) is 9.47 Å². The normalized spacial score (nSPS) is 20.2. The summed E-state index contributed by atoms with van der Waals surface area (Å²) in [4.78, 5) is 0. The fraction of sp³-hybridized carbons (Fsp3) is 1.00. The second kappa shape index (κ2) is 8.90. The summed E-state index contributed by atoms with van der Waals surface area (Å²) in [6.45, 7) is 8.53. The highest BCUT2D eigenvalue weighted by atomic mass is 16.5. The molecule has 0 saturated heterocycles. The van der Waals surface area contributed by atoms with Crippen LogP contribution in [0.2, 0.25) is 0 Å². The van der Waals surface area contributed by atoms with E-state index in [2.05, 4.69) is 12.2 Å². The maximum atomic E-state index is 9.65. The molecule has 4 nitrogen and oxygen atoms in total. The molecule has 0 aromatic carbocycles. The Morgan fingerprint density at radius 1 is 1.37 bits per heavy atom. The van der Waals surface area contributed by atoms with E-state index in [1.807, 2.05) is 13.8 Å². The van der Waals surface area contributed by atoms with Crippen molar-refractivity contribution in [3.8, 4) is 0 Å². The SMILES string of the molecule is CCOCC(C)OCCCC(CC)(CO)NC1CC1. The van der Waals surface area contributed by atoms with Crippen LogP contribution in [0.25, 0.3) is 0 Å². The Bertz CT molecular complexity index is 227. The Hall–Kier alpha value is -0.160. The summed E-state index contributed by atoms with van der Waals surface area (Å²) in [5.41, 5.74) is -0.103. The Kier molecular flexibility index (Phi) is 7.91. The number of hydrogen-bond donors (Lipinski definition) is 2. The highest BCUT2D eigenvalue weighted by Gasteiger charge is 2.33. The largest absolute Gasteiger partial charge is 0.394 e. The van der Waals surface area contributed by atoms with Crippen LogP contribution in [0.15, 0.2) is 0 Å². The van der Waals surface area contributed by atoms with Crippen molar-refractivity contribution in [3.63, 3.8) is 0 Å². The van der Waals surface area contributed by atoms with Gasteiger partial charge in [-0.3, -0.25) is 0 Å². The number of nitrogens with one attached hydrogen (secondary N) is 1. The van der Waals surface area contributed by atoms with Crippen LogP contribution in [0.4, 0.5) is 0 Å².